The smallest absolute Gasteiger partial charge is 0.137 e. The van der Waals surface area contributed by atoms with E-state index >= 15 is 0 Å². The van der Waals surface area contributed by atoms with Crippen LogP contribution in [0.3, 0.4) is 0 Å². The van der Waals surface area contributed by atoms with Crippen LogP contribution in [0.1, 0.15) is 24.1 Å². The van der Waals surface area contributed by atoms with Gasteiger partial charge in [0.05, 0.1) is 29.4 Å². The molecule has 106 valence electrons. The van der Waals surface area contributed by atoms with Gasteiger partial charge in [0, 0.05) is 6.20 Å². The molecule has 20 heavy (non-hydrogen) atoms. The molecule has 1 atom stereocenters. The van der Waals surface area contributed by atoms with Crippen molar-refractivity contribution in [2.45, 2.75) is 13.0 Å². The zero-order valence-corrected chi connectivity index (χ0v) is 12.9. The molecule has 1 heterocycles. The number of halogens is 2. The van der Waals surface area contributed by atoms with Gasteiger partial charge in [-0.2, -0.15) is 0 Å². The summed E-state index contributed by atoms with van der Waals surface area (Å²) in [5.74, 6) is 0.727. The number of nitrogens with one attached hydrogen (secondary N) is 1. The van der Waals surface area contributed by atoms with Crippen molar-refractivity contribution in [1.82, 2.24) is 10.3 Å². The number of methoxy groups -OCH3 is 1. The molecule has 3 nitrogen and oxygen atoms in total. The van der Waals surface area contributed by atoms with Crippen molar-refractivity contribution >= 4 is 23.2 Å². The molecule has 0 saturated heterocycles. The Balaban J connectivity index is 2.41. The van der Waals surface area contributed by atoms with E-state index in [0.29, 0.717) is 10.0 Å². The molecule has 0 fully saturated rings. The second kappa shape index (κ2) is 6.93. The van der Waals surface area contributed by atoms with Gasteiger partial charge in [-0.25, -0.2) is 0 Å². The van der Waals surface area contributed by atoms with Crippen LogP contribution >= 0.6 is 23.2 Å². The molecule has 0 aliphatic heterocycles. The van der Waals surface area contributed by atoms with Gasteiger partial charge in [0.1, 0.15) is 5.75 Å². The van der Waals surface area contributed by atoms with Gasteiger partial charge in [0.2, 0.25) is 0 Å². The molecule has 0 spiro atoms. The third-order valence-corrected chi connectivity index (χ3v) is 3.73. The van der Waals surface area contributed by atoms with Crippen LogP contribution in [-0.2, 0) is 0 Å². The summed E-state index contributed by atoms with van der Waals surface area (Å²) >= 11 is 12.1. The van der Waals surface area contributed by atoms with Gasteiger partial charge in [-0.05, 0) is 35.9 Å². The molecule has 1 aromatic carbocycles. The van der Waals surface area contributed by atoms with Crippen LogP contribution in [0.25, 0.3) is 0 Å². The molecular weight excluding hydrogens is 295 g/mol. The lowest BCUT2D eigenvalue weighted by Crippen LogP contribution is -2.22. The van der Waals surface area contributed by atoms with Crippen LogP contribution in [0, 0.1) is 0 Å². The first-order valence-corrected chi connectivity index (χ1v) is 7.08. The first kappa shape index (κ1) is 15.1. The van der Waals surface area contributed by atoms with Crippen LogP contribution < -0.4 is 10.1 Å². The van der Waals surface area contributed by atoms with Gasteiger partial charge in [-0.15, -0.1) is 0 Å². The number of benzene rings is 1. The molecule has 2 rings (SSSR count). The fraction of sp³-hybridized carbons (Fsp3) is 0.267. The van der Waals surface area contributed by atoms with Crippen molar-refractivity contribution in [2.75, 3.05) is 13.7 Å². The number of hydrogen-bond donors (Lipinski definition) is 1. The number of aromatic nitrogens is 1. The Kier molecular flexibility index (Phi) is 5.24. The Bertz CT molecular complexity index is 590. The summed E-state index contributed by atoms with van der Waals surface area (Å²) in [7, 11) is 1.63. The Morgan fingerprint density at radius 1 is 1.15 bits per heavy atom. The molecule has 1 aromatic heterocycles. The Morgan fingerprint density at radius 3 is 2.60 bits per heavy atom. The van der Waals surface area contributed by atoms with Gasteiger partial charge in [-0.3, -0.25) is 4.98 Å². The van der Waals surface area contributed by atoms with E-state index in [0.717, 1.165) is 23.4 Å². The fourth-order valence-electron chi connectivity index (χ4n) is 2.03. The van der Waals surface area contributed by atoms with E-state index in [2.05, 4.69) is 17.2 Å². The molecule has 0 bridgehead atoms. The summed E-state index contributed by atoms with van der Waals surface area (Å²) in [6.45, 7) is 2.88. The Hall–Kier alpha value is -1.29. The number of rotatable bonds is 5. The maximum Gasteiger partial charge on any atom is 0.137 e. The van der Waals surface area contributed by atoms with Crippen molar-refractivity contribution in [3.05, 3.63) is 57.8 Å². The highest BCUT2D eigenvalue weighted by Crippen LogP contribution is 2.29. The second-order valence-corrected chi connectivity index (χ2v) is 5.14. The first-order chi connectivity index (χ1) is 9.65. The lowest BCUT2D eigenvalue weighted by molar-refractivity contribution is 0.411. The van der Waals surface area contributed by atoms with E-state index in [1.165, 1.54) is 0 Å². The summed E-state index contributed by atoms with van der Waals surface area (Å²) in [4.78, 5) is 4.20. The SMILES string of the molecule is CCNC(c1cncc(OC)c1)c1ccc(Cl)c(Cl)c1. The van der Waals surface area contributed by atoms with E-state index in [9.17, 15) is 0 Å². The van der Waals surface area contributed by atoms with Crippen LogP contribution in [0.2, 0.25) is 10.0 Å². The van der Waals surface area contributed by atoms with Gasteiger partial charge in [0.25, 0.3) is 0 Å². The van der Waals surface area contributed by atoms with Crippen molar-refractivity contribution < 1.29 is 4.74 Å². The molecule has 0 radical (unpaired) electrons. The maximum absolute atomic E-state index is 6.10. The molecule has 2 aromatic rings. The van der Waals surface area contributed by atoms with Crippen LogP contribution in [0.4, 0.5) is 0 Å². The monoisotopic (exact) mass is 310 g/mol. The highest BCUT2D eigenvalue weighted by atomic mass is 35.5. The van der Waals surface area contributed by atoms with Crippen LogP contribution in [0.15, 0.2) is 36.7 Å². The standard InChI is InChI=1S/C15H16Cl2N2O/c1-3-19-15(10-4-5-13(16)14(17)7-10)11-6-12(20-2)9-18-8-11/h4-9,15,19H,3H2,1-2H3. The zero-order valence-electron chi connectivity index (χ0n) is 11.4. The summed E-state index contributed by atoms with van der Waals surface area (Å²) < 4.78 is 5.22. The maximum atomic E-state index is 6.10. The van der Waals surface area contributed by atoms with E-state index in [1.54, 1.807) is 19.4 Å². The molecule has 5 heteroatoms. The average Bonchev–Trinajstić information content (AvgIpc) is 2.48. The lowest BCUT2D eigenvalue weighted by atomic mass is 10.00. The summed E-state index contributed by atoms with van der Waals surface area (Å²) in [5, 5.41) is 4.51. The summed E-state index contributed by atoms with van der Waals surface area (Å²) in [6.07, 6.45) is 3.50. The Labute approximate surface area is 128 Å². The van der Waals surface area contributed by atoms with Gasteiger partial charge < -0.3 is 10.1 Å². The van der Waals surface area contributed by atoms with Crippen molar-refractivity contribution in [1.29, 1.82) is 0 Å². The predicted molar refractivity (Wildman–Crippen MR) is 82.8 cm³/mol. The van der Waals surface area contributed by atoms with Gasteiger partial charge in [0.15, 0.2) is 0 Å². The number of hydrogen-bond acceptors (Lipinski definition) is 3. The molecule has 1 N–H and O–H groups in total. The minimum Gasteiger partial charge on any atom is -0.495 e. The van der Waals surface area contributed by atoms with Gasteiger partial charge in [-0.1, -0.05) is 36.2 Å². The molecule has 1 unspecified atom stereocenters. The minimum absolute atomic E-state index is 0.00244. The van der Waals surface area contributed by atoms with Gasteiger partial charge >= 0.3 is 0 Å². The topological polar surface area (TPSA) is 34.2 Å². The van der Waals surface area contributed by atoms with Crippen molar-refractivity contribution in [3.63, 3.8) is 0 Å². The quantitative estimate of drug-likeness (QED) is 0.903. The molecule has 0 aliphatic rings. The van der Waals surface area contributed by atoms with E-state index in [4.69, 9.17) is 27.9 Å². The molecule has 0 saturated carbocycles. The van der Waals surface area contributed by atoms with Crippen molar-refractivity contribution in [2.24, 2.45) is 0 Å². The third kappa shape index (κ3) is 3.42. The Morgan fingerprint density at radius 2 is 1.95 bits per heavy atom. The lowest BCUT2D eigenvalue weighted by Gasteiger charge is -2.19. The second-order valence-electron chi connectivity index (χ2n) is 4.32. The predicted octanol–water partition coefficient (Wildman–Crippen LogP) is 4.10. The zero-order chi connectivity index (χ0) is 14.5. The molecule has 0 amide bonds. The molecular formula is C15H16Cl2N2O. The number of ether oxygens (including phenoxy) is 1. The first-order valence-electron chi connectivity index (χ1n) is 6.33. The van der Waals surface area contributed by atoms with Crippen molar-refractivity contribution in [3.8, 4) is 5.75 Å². The molecule has 0 aliphatic carbocycles. The van der Waals surface area contributed by atoms with E-state index in [-0.39, 0.29) is 6.04 Å². The summed E-state index contributed by atoms with van der Waals surface area (Å²) in [5.41, 5.74) is 2.06. The number of nitrogens with zero attached hydrogens (tertiary/aromatic N) is 1. The highest BCUT2D eigenvalue weighted by molar-refractivity contribution is 6.42. The normalized spacial score (nSPS) is 12.2. The number of pyridine rings is 1. The summed E-state index contributed by atoms with van der Waals surface area (Å²) in [6, 6.07) is 7.59. The fourth-order valence-corrected chi connectivity index (χ4v) is 2.34. The third-order valence-electron chi connectivity index (χ3n) is 2.99. The van der Waals surface area contributed by atoms with E-state index < -0.39 is 0 Å². The van der Waals surface area contributed by atoms with Crippen LogP contribution in [0.5, 0.6) is 5.75 Å². The highest BCUT2D eigenvalue weighted by Gasteiger charge is 2.15. The van der Waals surface area contributed by atoms with Crippen LogP contribution in [-0.4, -0.2) is 18.6 Å². The minimum atomic E-state index is -0.00244. The average molecular weight is 311 g/mol. The van der Waals surface area contributed by atoms with E-state index in [1.807, 2.05) is 24.4 Å². The largest absolute Gasteiger partial charge is 0.495 e.